The summed E-state index contributed by atoms with van der Waals surface area (Å²) in [6, 6.07) is 4.14. The molecule has 66 valence electrons. The van der Waals surface area contributed by atoms with E-state index in [1.807, 2.05) is 0 Å². The normalized spacial score (nSPS) is 9.00. The van der Waals surface area contributed by atoms with Gasteiger partial charge >= 0.3 is 0 Å². The number of hydrogen-bond donors (Lipinski definition) is 0. The van der Waals surface area contributed by atoms with Crippen LogP contribution in [0, 0.1) is 5.82 Å². The van der Waals surface area contributed by atoms with Crippen molar-refractivity contribution >= 4 is 6.29 Å². The van der Waals surface area contributed by atoms with Crippen molar-refractivity contribution in [1.29, 1.82) is 0 Å². The predicted octanol–water partition coefficient (Wildman–Crippen LogP) is 2.52. The molecule has 0 N–H and O–H groups in total. The monoisotopic (exact) mass is 176 g/mol. The largest absolute Gasteiger partial charge is 0.298 e. The van der Waals surface area contributed by atoms with Crippen LogP contribution in [0.4, 0.5) is 4.39 Å². The fourth-order valence-electron chi connectivity index (χ4n) is 1.04. The number of aldehydes is 1. The molecule has 0 spiro atoms. The molecule has 13 heavy (non-hydrogen) atoms. The summed E-state index contributed by atoms with van der Waals surface area (Å²) in [5.41, 5.74) is 3.76. The van der Waals surface area contributed by atoms with Crippen LogP contribution in [0.15, 0.2) is 36.6 Å². The van der Waals surface area contributed by atoms with E-state index in [0.717, 1.165) is 5.56 Å². The summed E-state index contributed by atoms with van der Waals surface area (Å²) in [5.74, 6) is -0.395. The standard InChI is InChI=1S/C11H9FO/c1-2-3-4-9-5-6-11(12)7-10(9)8-13/h3,5-8H,1,4H2. The highest BCUT2D eigenvalue weighted by Gasteiger charge is 2.00. The number of halogens is 1. The number of carbonyl (C=O) groups excluding carboxylic acids is 1. The van der Waals surface area contributed by atoms with Gasteiger partial charge in [-0.25, -0.2) is 4.39 Å². The molecule has 0 fully saturated rings. The average molecular weight is 176 g/mol. The Morgan fingerprint density at radius 2 is 2.31 bits per heavy atom. The summed E-state index contributed by atoms with van der Waals surface area (Å²) in [5, 5.41) is 0. The van der Waals surface area contributed by atoms with Gasteiger partial charge in [0.25, 0.3) is 0 Å². The van der Waals surface area contributed by atoms with Gasteiger partial charge in [0.15, 0.2) is 0 Å². The lowest BCUT2D eigenvalue weighted by atomic mass is 10.1. The van der Waals surface area contributed by atoms with Gasteiger partial charge in [-0.3, -0.25) is 4.79 Å². The zero-order valence-electron chi connectivity index (χ0n) is 7.09. The molecule has 1 nitrogen and oxygen atoms in total. The highest BCUT2D eigenvalue weighted by Crippen LogP contribution is 2.10. The summed E-state index contributed by atoms with van der Waals surface area (Å²) < 4.78 is 12.7. The minimum absolute atomic E-state index is 0.381. The van der Waals surface area contributed by atoms with Crippen molar-refractivity contribution in [2.45, 2.75) is 6.42 Å². The summed E-state index contributed by atoms with van der Waals surface area (Å²) in [4.78, 5) is 10.5. The molecule has 0 aliphatic carbocycles. The van der Waals surface area contributed by atoms with Crippen molar-refractivity contribution in [1.82, 2.24) is 0 Å². The van der Waals surface area contributed by atoms with Gasteiger partial charge in [-0.15, -0.1) is 5.73 Å². The zero-order valence-corrected chi connectivity index (χ0v) is 7.09. The van der Waals surface area contributed by atoms with E-state index >= 15 is 0 Å². The zero-order chi connectivity index (χ0) is 9.68. The summed E-state index contributed by atoms with van der Waals surface area (Å²) in [6.45, 7) is 3.41. The number of allylic oxidation sites excluding steroid dienone is 1. The maximum absolute atomic E-state index is 12.7. The SMILES string of the molecule is C=C=CCc1ccc(F)cc1C=O. The van der Waals surface area contributed by atoms with Crippen molar-refractivity contribution in [3.8, 4) is 0 Å². The molecular weight excluding hydrogens is 167 g/mol. The van der Waals surface area contributed by atoms with E-state index in [1.165, 1.54) is 12.1 Å². The minimum Gasteiger partial charge on any atom is -0.298 e. The molecule has 0 aliphatic heterocycles. The molecule has 1 aromatic rings. The fraction of sp³-hybridized carbons (Fsp3) is 0.0909. The Morgan fingerprint density at radius 3 is 2.92 bits per heavy atom. The lowest BCUT2D eigenvalue weighted by molar-refractivity contribution is 0.112. The van der Waals surface area contributed by atoms with Crippen molar-refractivity contribution in [3.63, 3.8) is 0 Å². The van der Waals surface area contributed by atoms with Crippen LogP contribution in [0.25, 0.3) is 0 Å². The number of benzene rings is 1. The topological polar surface area (TPSA) is 17.1 Å². The van der Waals surface area contributed by atoms with E-state index in [0.29, 0.717) is 18.3 Å². The van der Waals surface area contributed by atoms with Crippen LogP contribution in [0.3, 0.4) is 0 Å². The third kappa shape index (κ3) is 2.39. The molecule has 0 aliphatic rings. The smallest absolute Gasteiger partial charge is 0.150 e. The maximum atomic E-state index is 12.7. The van der Waals surface area contributed by atoms with Crippen LogP contribution in [0.1, 0.15) is 15.9 Å². The molecule has 0 saturated carbocycles. The Bertz CT molecular complexity index is 362. The average Bonchev–Trinajstić information content (AvgIpc) is 2.16. The van der Waals surface area contributed by atoms with Gasteiger partial charge in [0, 0.05) is 5.56 Å². The fourth-order valence-corrected chi connectivity index (χ4v) is 1.04. The molecular formula is C11H9FO. The van der Waals surface area contributed by atoms with E-state index in [4.69, 9.17) is 0 Å². The van der Waals surface area contributed by atoms with Crippen molar-refractivity contribution < 1.29 is 9.18 Å². The second-order valence-corrected chi connectivity index (χ2v) is 2.57. The molecule has 1 aromatic carbocycles. The molecule has 0 saturated heterocycles. The van der Waals surface area contributed by atoms with Gasteiger partial charge in [-0.1, -0.05) is 12.6 Å². The van der Waals surface area contributed by atoms with Crippen LogP contribution in [-0.4, -0.2) is 6.29 Å². The second-order valence-electron chi connectivity index (χ2n) is 2.57. The van der Waals surface area contributed by atoms with Crippen LogP contribution in [-0.2, 0) is 6.42 Å². The van der Waals surface area contributed by atoms with E-state index in [2.05, 4.69) is 12.3 Å². The van der Waals surface area contributed by atoms with Crippen molar-refractivity contribution in [2.24, 2.45) is 0 Å². The Labute approximate surface area is 76.2 Å². The van der Waals surface area contributed by atoms with Gasteiger partial charge in [0.1, 0.15) is 12.1 Å². The quantitative estimate of drug-likeness (QED) is 0.511. The Morgan fingerprint density at radius 1 is 1.54 bits per heavy atom. The summed E-state index contributed by atoms with van der Waals surface area (Å²) >= 11 is 0. The highest BCUT2D eigenvalue weighted by atomic mass is 19.1. The van der Waals surface area contributed by atoms with Gasteiger partial charge in [0.05, 0.1) is 0 Å². The van der Waals surface area contributed by atoms with Crippen LogP contribution >= 0.6 is 0 Å². The predicted molar refractivity (Wildman–Crippen MR) is 49.2 cm³/mol. The Balaban J connectivity index is 3.05. The molecule has 0 atom stereocenters. The Hall–Kier alpha value is -1.66. The maximum Gasteiger partial charge on any atom is 0.150 e. The molecule has 1 rings (SSSR count). The molecule has 2 heteroatoms. The van der Waals surface area contributed by atoms with Crippen LogP contribution in [0.2, 0.25) is 0 Å². The third-order valence-electron chi connectivity index (χ3n) is 1.70. The lowest BCUT2D eigenvalue weighted by Crippen LogP contribution is -1.91. The summed E-state index contributed by atoms with van der Waals surface area (Å²) in [6.07, 6.45) is 2.90. The number of carbonyl (C=O) groups is 1. The van der Waals surface area contributed by atoms with E-state index in [-0.39, 0.29) is 0 Å². The first-order chi connectivity index (χ1) is 6.27. The molecule has 0 unspecified atom stereocenters. The molecule has 0 heterocycles. The first kappa shape index (κ1) is 9.43. The summed E-state index contributed by atoms with van der Waals surface area (Å²) in [7, 11) is 0. The van der Waals surface area contributed by atoms with Gasteiger partial charge in [0.2, 0.25) is 0 Å². The molecule has 0 radical (unpaired) electrons. The van der Waals surface area contributed by atoms with E-state index in [1.54, 1.807) is 12.1 Å². The first-order valence-corrected chi connectivity index (χ1v) is 3.86. The number of rotatable bonds is 3. The number of hydrogen-bond acceptors (Lipinski definition) is 1. The van der Waals surface area contributed by atoms with Crippen LogP contribution < -0.4 is 0 Å². The van der Waals surface area contributed by atoms with Crippen molar-refractivity contribution in [3.05, 3.63) is 53.5 Å². The molecule has 0 aromatic heterocycles. The lowest BCUT2D eigenvalue weighted by Gasteiger charge is -1.99. The first-order valence-electron chi connectivity index (χ1n) is 3.86. The van der Waals surface area contributed by atoms with Gasteiger partial charge in [-0.05, 0) is 30.2 Å². The molecule has 0 bridgehead atoms. The van der Waals surface area contributed by atoms with Gasteiger partial charge < -0.3 is 0 Å². The third-order valence-corrected chi connectivity index (χ3v) is 1.70. The molecule has 0 amide bonds. The van der Waals surface area contributed by atoms with Crippen molar-refractivity contribution in [2.75, 3.05) is 0 Å². The van der Waals surface area contributed by atoms with Crippen LogP contribution in [0.5, 0.6) is 0 Å². The van der Waals surface area contributed by atoms with E-state index < -0.39 is 5.82 Å². The second kappa shape index (κ2) is 4.39. The highest BCUT2D eigenvalue weighted by molar-refractivity contribution is 5.77. The minimum atomic E-state index is -0.395. The van der Waals surface area contributed by atoms with E-state index in [9.17, 15) is 9.18 Å². The van der Waals surface area contributed by atoms with Gasteiger partial charge in [-0.2, -0.15) is 0 Å². The Kier molecular flexibility index (Phi) is 3.18.